The first-order chi connectivity index (χ1) is 8.69. The monoisotopic (exact) mass is 266 g/mol. The first-order valence-electron chi connectivity index (χ1n) is 6.95. The van der Waals surface area contributed by atoms with Gasteiger partial charge in [0.15, 0.2) is 0 Å². The fourth-order valence-corrected chi connectivity index (χ4v) is 2.86. The highest BCUT2D eigenvalue weighted by molar-refractivity contribution is 6.33. The van der Waals surface area contributed by atoms with Crippen LogP contribution in [0.5, 0.6) is 0 Å². The second-order valence-electron chi connectivity index (χ2n) is 5.34. The number of hydrogen-bond donors (Lipinski definition) is 1. The van der Waals surface area contributed by atoms with E-state index in [2.05, 4.69) is 17.9 Å². The van der Waals surface area contributed by atoms with Crippen molar-refractivity contribution in [3.63, 3.8) is 0 Å². The van der Waals surface area contributed by atoms with E-state index in [0.29, 0.717) is 10.7 Å². The first-order valence-corrected chi connectivity index (χ1v) is 7.33. The molecule has 1 atom stereocenters. The molecule has 0 amide bonds. The van der Waals surface area contributed by atoms with Gasteiger partial charge in [-0.05, 0) is 56.0 Å². The van der Waals surface area contributed by atoms with Crippen molar-refractivity contribution in [2.24, 2.45) is 5.92 Å². The zero-order valence-electron chi connectivity index (χ0n) is 11.2. The van der Waals surface area contributed by atoms with E-state index in [1.54, 1.807) is 0 Å². The molecule has 0 radical (unpaired) electrons. The van der Waals surface area contributed by atoms with Crippen LogP contribution in [0.15, 0.2) is 18.2 Å². The lowest BCUT2D eigenvalue weighted by Crippen LogP contribution is -2.24. The highest BCUT2D eigenvalue weighted by Crippen LogP contribution is 2.23. The number of nitrogen functional groups attached to an aromatic ring is 1. The van der Waals surface area contributed by atoms with Gasteiger partial charge in [-0.3, -0.25) is 4.90 Å². The van der Waals surface area contributed by atoms with Crippen molar-refractivity contribution in [2.45, 2.75) is 39.2 Å². The Morgan fingerprint density at radius 3 is 2.89 bits per heavy atom. The second-order valence-corrected chi connectivity index (χ2v) is 5.74. The smallest absolute Gasteiger partial charge is 0.0635 e. The Balaban J connectivity index is 1.94. The molecule has 1 aromatic rings. The Labute approximate surface area is 115 Å². The molecule has 0 bridgehead atoms. The van der Waals surface area contributed by atoms with Crippen LogP contribution in [0.25, 0.3) is 0 Å². The Morgan fingerprint density at radius 1 is 1.33 bits per heavy atom. The van der Waals surface area contributed by atoms with E-state index in [0.717, 1.165) is 12.5 Å². The summed E-state index contributed by atoms with van der Waals surface area (Å²) in [5.74, 6) is 0.922. The molecule has 100 valence electrons. The largest absolute Gasteiger partial charge is 0.398 e. The molecular formula is C15H23ClN2. The minimum Gasteiger partial charge on any atom is -0.398 e. The predicted octanol–water partition coefficient (Wildman–Crippen LogP) is 3.93. The third-order valence-electron chi connectivity index (χ3n) is 3.98. The van der Waals surface area contributed by atoms with E-state index >= 15 is 0 Å². The number of likely N-dealkylation sites (tertiary alicyclic amines) is 1. The second kappa shape index (κ2) is 6.44. The molecule has 1 aromatic carbocycles. The van der Waals surface area contributed by atoms with Gasteiger partial charge in [0, 0.05) is 6.54 Å². The summed E-state index contributed by atoms with van der Waals surface area (Å²) in [6, 6.07) is 5.99. The molecule has 0 spiro atoms. The van der Waals surface area contributed by atoms with Crippen LogP contribution in [-0.4, -0.2) is 18.0 Å². The molecule has 1 aliphatic rings. The van der Waals surface area contributed by atoms with Crippen LogP contribution < -0.4 is 5.73 Å². The fourth-order valence-electron chi connectivity index (χ4n) is 2.74. The minimum atomic E-state index is 0.653. The van der Waals surface area contributed by atoms with Gasteiger partial charge in [0.05, 0.1) is 10.7 Å². The first kappa shape index (κ1) is 13.7. The van der Waals surface area contributed by atoms with Crippen molar-refractivity contribution in [2.75, 3.05) is 18.8 Å². The molecule has 2 N–H and O–H groups in total. The average Bonchev–Trinajstić information content (AvgIpc) is 2.59. The number of hydrogen-bond acceptors (Lipinski definition) is 2. The third-order valence-corrected chi connectivity index (χ3v) is 4.33. The summed E-state index contributed by atoms with van der Waals surface area (Å²) in [5, 5.41) is 0.653. The summed E-state index contributed by atoms with van der Waals surface area (Å²) in [5.41, 5.74) is 7.81. The number of benzene rings is 1. The molecule has 1 fully saturated rings. The van der Waals surface area contributed by atoms with Gasteiger partial charge < -0.3 is 5.73 Å². The topological polar surface area (TPSA) is 29.3 Å². The van der Waals surface area contributed by atoms with E-state index in [1.165, 1.54) is 44.3 Å². The lowest BCUT2D eigenvalue weighted by atomic mass is 9.98. The number of halogens is 1. The van der Waals surface area contributed by atoms with E-state index in [4.69, 9.17) is 17.3 Å². The summed E-state index contributed by atoms with van der Waals surface area (Å²) in [6.07, 6.45) is 5.36. The molecule has 1 heterocycles. The lowest BCUT2D eigenvalue weighted by molar-refractivity contribution is 0.272. The van der Waals surface area contributed by atoms with Crippen LogP contribution in [-0.2, 0) is 6.54 Å². The van der Waals surface area contributed by atoms with Crippen molar-refractivity contribution in [1.82, 2.24) is 4.90 Å². The molecule has 18 heavy (non-hydrogen) atoms. The molecule has 1 aliphatic heterocycles. The van der Waals surface area contributed by atoms with Crippen LogP contribution in [0.3, 0.4) is 0 Å². The van der Waals surface area contributed by atoms with Crippen LogP contribution >= 0.6 is 11.6 Å². The van der Waals surface area contributed by atoms with E-state index in [9.17, 15) is 0 Å². The van der Waals surface area contributed by atoms with E-state index < -0.39 is 0 Å². The van der Waals surface area contributed by atoms with Crippen LogP contribution in [0.4, 0.5) is 5.69 Å². The number of nitrogens with two attached hydrogens (primary N) is 1. The minimum absolute atomic E-state index is 0.653. The molecule has 0 saturated carbocycles. The van der Waals surface area contributed by atoms with Gasteiger partial charge in [0.25, 0.3) is 0 Å². The normalized spacial score (nSPS) is 21.8. The maximum absolute atomic E-state index is 5.95. The maximum atomic E-state index is 5.95. The van der Waals surface area contributed by atoms with Crippen molar-refractivity contribution < 1.29 is 0 Å². The van der Waals surface area contributed by atoms with Crippen molar-refractivity contribution in [3.05, 3.63) is 28.8 Å². The predicted molar refractivity (Wildman–Crippen MR) is 78.8 cm³/mol. The number of nitrogens with zero attached hydrogens (tertiary/aromatic N) is 1. The van der Waals surface area contributed by atoms with Gasteiger partial charge in [0.1, 0.15) is 0 Å². The molecule has 2 nitrogen and oxygen atoms in total. The van der Waals surface area contributed by atoms with Crippen LogP contribution in [0, 0.1) is 5.92 Å². The number of rotatable bonds is 3. The fraction of sp³-hybridized carbons (Fsp3) is 0.600. The lowest BCUT2D eigenvalue weighted by Gasteiger charge is -2.20. The van der Waals surface area contributed by atoms with Crippen LogP contribution in [0.2, 0.25) is 5.02 Å². The number of anilines is 1. The SMILES string of the molecule is CCC1CCCN(Cc2ccc(Cl)c(N)c2)CC1. The average molecular weight is 267 g/mol. The molecule has 1 unspecified atom stereocenters. The van der Waals surface area contributed by atoms with Crippen molar-refractivity contribution in [1.29, 1.82) is 0 Å². The van der Waals surface area contributed by atoms with Gasteiger partial charge in [-0.1, -0.05) is 31.0 Å². The van der Waals surface area contributed by atoms with E-state index in [1.807, 2.05) is 12.1 Å². The van der Waals surface area contributed by atoms with Gasteiger partial charge in [-0.25, -0.2) is 0 Å². The van der Waals surface area contributed by atoms with Crippen LogP contribution in [0.1, 0.15) is 38.2 Å². The zero-order chi connectivity index (χ0) is 13.0. The maximum Gasteiger partial charge on any atom is 0.0635 e. The Kier molecular flexibility index (Phi) is 4.90. The molecule has 1 saturated heterocycles. The van der Waals surface area contributed by atoms with Gasteiger partial charge in [0.2, 0.25) is 0 Å². The summed E-state index contributed by atoms with van der Waals surface area (Å²) in [6.45, 7) is 5.72. The molecule has 0 aliphatic carbocycles. The Morgan fingerprint density at radius 2 is 2.17 bits per heavy atom. The van der Waals surface area contributed by atoms with Gasteiger partial charge in [-0.2, -0.15) is 0 Å². The quantitative estimate of drug-likeness (QED) is 0.840. The standard InChI is InChI=1S/C15H23ClN2/c1-2-12-4-3-8-18(9-7-12)11-13-5-6-14(16)15(17)10-13/h5-6,10,12H,2-4,7-9,11,17H2,1H3. The zero-order valence-corrected chi connectivity index (χ0v) is 11.9. The van der Waals surface area contributed by atoms with Gasteiger partial charge >= 0.3 is 0 Å². The summed E-state index contributed by atoms with van der Waals surface area (Å²) < 4.78 is 0. The third kappa shape index (κ3) is 3.63. The molecular weight excluding hydrogens is 244 g/mol. The summed E-state index contributed by atoms with van der Waals surface area (Å²) in [4.78, 5) is 2.54. The molecule has 0 aromatic heterocycles. The van der Waals surface area contributed by atoms with Crippen molar-refractivity contribution >= 4 is 17.3 Å². The summed E-state index contributed by atoms with van der Waals surface area (Å²) >= 11 is 5.95. The van der Waals surface area contributed by atoms with Gasteiger partial charge in [-0.15, -0.1) is 0 Å². The highest BCUT2D eigenvalue weighted by atomic mass is 35.5. The van der Waals surface area contributed by atoms with Crippen molar-refractivity contribution in [3.8, 4) is 0 Å². The molecule has 2 rings (SSSR count). The molecule has 3 heteroatoms. The van der Waals surface area contributed by atoms with E-state index in [-0.39, 0.29) is 0 Å². The summed E-state index contributed by atoms with van der Waals surface area (Å²) in [7, 11) is 0. The Hall–Kier alpha value is -0.730. The Bertz CT molecular complexity index is 392. The highest BCUT2D eigenvalue weighted by Gasteiger charge is 2.15.